The zero-order valence-corrected chi connectivity index (χ0v) is 15.2. The fraction of sp³-hybridized carbons (Fsp3) is 0.450. The first-order chi connectivity index (χ1) is 12.7. The maximum Gasteiger partial charge on any atom is 0.222 e. The van der Waals surface area contributed by atoms with Crippen molar-refractivity contribution in [3.05, 3.63) is 48.2 Å². The number of aromatic nitrogens is 4. The molecule has 2 aromatic heterocycles. The van der Waals surface area contributed by atoms with Crippen LogP contribution in [-0.4, -0.2) is 43.6 Å². The third-order valence-corrected chi connectivity index (χ3v) is 5.47. The number of hydrogen-bond acceptors (Lipinski definition) is 3. The predicted octanol–water partition coefficient (Wildman–Crippen LogP) is 3.03. The van der Waals surface area contributed by atoms with Gasteiger partial charge >= 0.3 is 0 Å². The van der Waals surface area contributed by atoms with E-state index in [-0.39, 0.29) is 5.91 Å². The quantitative estimate of drug-likeness (QED) is 0.768. The van der Waals surface area contributed by atoms with E-state index in [1.807, 2.05) is 22.6 Å². The first kappa shape index (κ1) is 16.8. The standard InChI is InChI=1S/C20H25N5O/c1-24-14-22-23-20(24)15-9-11-25(12-10-15)19(26)8-4-5-16-13-21-18-7-3-2-6-17(16)18/h2-3,6-7,13-15,21H,4-5,8-12H2,1H3. The zero-order valence-electron chi connectivity index (χ0n) is 15.2. The maximum absolute atomic E-state index is 12.5. The molecule has 136 valence electrons. The highest BCUT2D eigenvalue weighted by Gasteiger charge is 2.26. The molecule has 6 nitrogen and oxygen atoms in total. The lowest BCUT2D eigenvalue weighted by Gasteiger charge is -2.31. The van der Waals surface area contributed by atoms with Crippen molar-refractivity contribution in [1.82, 2.24) is 24.6 Å². The molecule has 1 N–H and O–H groups in total. The topological polar surface area (TPSA) is 66.8 Å². The summed E-state index contributed by atoms with van der Waals surface area (Å²) in [4.78, 5) is 17.9. The van der Waals surface area contributed by atoms with Crippen LogP contribution in [0, 0.1) is 0 Å². The molecule has 26 heavy (non-hydrogen) atoms. The van der Waals surface area contributed by atoms with Gasteiger partial charge in [0.05, 0.1) is 0 Å². The number of aromatic amines is 1. The summed E-state index contributed by atoms with van der Waals surface area (Å²) in [5.41, 5.74) is 2.47. The molecule has 0 spiro atoms. The van der Waals surface area contributed by atoms with Gasteiger partial charge in [-0.3, -0.25) is 4.79 Å². The Balaban J connectivity index is 1.26. The molecule has 0 aliphatic carbocycles. The van der Waals surface area contributed by atoms with Crippen molar-refractivity contribution in [1.29, 1.82) is 0 Å². The Morgan fingerprint density at radius 1 is 1.27 bits per heavy atom. The normalized spacial score (nSPS) is 15.7. The molecule has 4 rings (SSSR count). The minimum atomic E-state index is 0.279. The van der Waals surface area contributed by atoms with E-state index < -0.39 is 0 Å². The van der Waals surface area contributed by atoms with E-state index in [0.717, 1.165) is 44.6 Å². The number of rotatable bonds is 5. The van der Waals surface area contributed by atoms with Crippen LogP contribution in [0.2, 0.25) is 0 Å². The third kappa shape index (κ3) is 3.36. The Kier molecular flexibility index (Phi) is 4.73. The van der Waals surface area contributed by atoms with Gasteiger partial charge in [-0.05, 0) is 37.3 Å². The number of carbonyl (C=O) groups is 1. The molecule has 1 amide bonds. The molecule has 0 radical (unpaired) electrons. The van der Waals surface area contributed by atoms with Crippen LogP contribution in [0.5, 0.6) is 0 Å². The summed E-state index contributed by atoms with van der Waals surface area (Å²) in [6.45, 7) is 1.65. The zero-order chi connectivity index (χ0) is 17.9. The minimum Gasteiger partial charge on any atom is -0.361 e. The number of amides is 1. The maximum atomic E-state index is 12.5. The van der Waals surface area contributed by atoms with E-state index in [9.17, 15) is 4.79 Å². The average Bonchev–Trinajstić information content (AvgIpc) is 3.28. The molecule has 6 heteroatoms. The summed E-state index contributed by atoms with van der Waals surface area (Å²) < 4.78 is 1.99. The largest absolute Gasteiger partial charge is 0.361 e. The smallest absolute Gasteiger partial charge is 0.222 e. The molecule has 3 heterocycles. The number of hydrogen-bond donors (Lipinski definition) is 1. The summed E-state index contributed by atoms with van der Waals surface area (Å²) in [5.74, 6) is 1.73. The molecule has 0 bridgehead atoms. The minimum absolute atomic E-state index is 0.279. The van der Waals surface area contributed by atoms with E-state index in [2.05, 4.69) is 39.6 Å². The SMILES string of the molecule is Cn1cnnc1C1CCN(C(=O)CCCc2c[nH]c3ccccc23)CC1. The van der Waals surface area contributed by atoms with Crippen LogP contribution in [0.3, 0.4) is 0 Å². The molecule has 0 unspecified atom stereocenters. The highest BCUT2D eigenvalue weighted by atomic mass is 16.2. The number of piperidine rings is 1. The second-order valence-electron chi connectivity index (χ2n) is 7.17. The van der Waals surface area contributed by atoms with Crippen LogP contribution in [0.25, 0.3) is 10.9 Å². The van der Waals surface area contributed by atoms with Crippen molar-refractivity contribution in [2.24, 2.45) is 7.05 Å². The van der Waals surface area contributed by atoms with Gasteiger partial charge in [0.1, 0.15) is 12.2 Å². The Labute approximate surface area is 153 Å². The second kappa shape index (κ2) is 7.32. The highest BCUT2D eigenvalue weighted by Crippen LogP contribution is 2.26. The predicted molar refractivity (Wildman–Crippen MR) is 101 cm³/mol. The Morgan fingerprint density at radius 3 is 2.85 bits per heavy atom. The summed E-state index contributed by atoms with van der Waals surface area (Å²) in [6, 6.07) is 8.33. The van der Waals surface area contributed by atoms with E-state index in [1.54, 1.807) is 6.33 Å². The molecule has 1 aliphatic heterocycles. The molecular formula is C20H25N5O. The number of nitrogens with zero attached hydrogens (tertiary/aromatic N) is 4. The first-order valence-corrected chi connectivity index (χ1v) is 9.39. The number of fused-ring (bicyclic) bond motifs is 1. The second-order valence-corrected chi connectivity index (χ2v) is 7.17. The molecule has 1 aliphatic rings. The lowest BCUT2D eigenvalue weighted by Crippen LogP contribution is -2.38. The van der Waals surface area contributed by atoms with Crippen LogP contribution >= 0.6 is 0 Å². The number of H-pyrrole nitrogens is 1. The fourth-order valence-corrected chi connectivity index (χ4v) is 3.98. The summed E-state index contributed by atoms with van der Waals surface area (Å²) >= 11 is 0. The van der Waals surface area contributed by atoms with Gasteiger partial charge in [-0.25, -0.2) is 0 Å². The van der Waals surface area contributed by atoms with Crippen molar-refractivity contribution >= 4 is 16.8 Å². The first-order valence-electron chi connectivity index (χ1n) is 9.39. The van der Waals surface area contributed by atoms with Crippen LogP contribution in [0.15, 0.2) is 36.8 Å². The van der Waals surface area contributed by atoms with E-state index >= 15 is 0 Å². The fourth-order valence-electron chi connectivity index (χ4n) is 3.98. The highest BCUT2D eigenvalue weighted by molar-refractivity contribution is 5.83. The van der Waals surface area contributed by atoms with Crippen molar-refractivity contribution in [2.75, 3.05) is 13.1 Å². The van der Waals surface area contributed by atoms with Gasteiger partial charge < -0.3 is 14.5 Å². The molecule has 1 aromatic carbocycles. The Hall–Kier alpha value is -2.63. The van der Waals surface area contributed by atoms with Crippen LogP contribution in [0.1, 0.15) is 43.0 Å². The van der Waals surface area contributed by atoms with Gasteiger partial charge in [0.25, 0.3) is 0 Å². The van der Waals surface area contributed by atoms with Crippen molar-refractivity contribution in [3.63, 3.8) is 0 Å². The van der Waals surface area contributed by atoms with Gasteiger partial charge in [0.15, 0.2) is 0 Å². The van der Waals surface area contributed by atoms with Gasteiger partial charge in [0, 0.05) is 49.6 Å². The van der Waals surface area contributed by atoms with Crippen LogP contribution < -0.4 is 0 Å². The van der Waals surface area contributed by atoms with Gasteiger partial charge in [-0.2, -0.15) is 0 Å². The molecule has 3 aromatic rings. The van der Waals surface area contributed by atoms with Crippen molar-refractivity contribution in [3.8, 4) is 0 Å². The van der Waals surface area contributed by atoms with Crippen LogP contribution in [0.4, 0.5) is 0 Å². The lowest BCUT2D eigenvalue weighted by molar-refractivity contribution is -0.132. The Morgan fingerprint density at radius 2 is 2.08 bits per heavy atom. The third-order valence-electron chi connectivity index (χ3n) is 5.47. The number of nitrogens with one attached hydrogen (secondary N) is 1. The molecule has 0 atom stereocenters. The molecular weight excluding hydrogens is 326 g/mol. The monoisotopic (exact) mass is 351 g/mol. The van der Waals surface area contributed by atoms with Crippen LogP contribution in [-0.2, 0) is 18.3 Å². The Bertz CT molecular complexity index is 888. The summed E-state index contributed by atoms with van der Waals surface area (Å²) in [7, 11) is 1.98. The van der Waals surface area contributed by atoms with Gasteiger partial charge in [-0.15, -0.1) is 10.2 Å². The van der Waals surface area contributed by atoms with Gasteiger partial charge in [-0.1, -0.05) is 18.2 Å². The average molecular weight is 351 g/mol. The van der Waals surface area contributed by atoms with Gasteiger partial charge in [0.2, 0.25) is 5.91 Å². The van der Waals surface area contributed by atoms with Crippen molar-refractivity contribution in [2.45, 2.75) is 38.0 Å². The molecule has 0 saturated carbocycles. The number of para-hydroxylation sites is 1. The number of likely N-dealkylation sites (tertiary alicyclic amines) is 1. The van der Waals surface area contributed by atoms with Crippen molar-refractivity contribution < 1.29 is 4.79 Å². The van der Waals surface area contributed by atoms with E-state index in [4.69, 9.17) is 0 Å². The molecule has 1 fully saturated rings. The number of benzene rings is 1. The molecule has 1 saturated heterocycles. The number of carbonyl (C=O) groups excluding carboxylic acids is 1. The summed E-state index contributed by atoms with van der Waals surface area (Å²) in [6.07, 6.45) is 8.21. The van der Waals surface area contributed by atoms with E-state index in [0.29, 0.717) is 12.3 Å². The lowest BCUT2D eigenvalue weighted by atomic mass is 9.95. The summed E-state index contributed by atoms with van der Waals surface area (Å²) in [5, 5.41) is 9.45. The van der Waals surface area contributed by atoms with E-state index in [1.165, 1.54) is 16.5 Å². The number of aryl methyl sites for hydroxylation is 2.